The molecule has 134 valence electrons. The van der Waals surface area contributed by atoms with E-state index in [9.17, 15) is 4.79 Å². The van der Waals surface area contributed by atoms with Gasteiger partial charge in [0.15, 0.2) is 6.61 Å². The van der Waals surface area contributed by atoms with Crippen LogP contribution in [-0.4, -0.2) is 26.2 Å². The maximum atomic E-state index is 12.0. The van der Waals surface area contributed by atoms with E-state index in [1.54, 1.807) is 31.4 Å². The Morgan fingerprint density at radius 3 is 2.32 bits per heavy atom. The van der Waals surface area contributed by atoms with Crippen molar-refractivity contribution in [2.24, 2.45) is 0 Å². The van der Waals surface area contributed by atoms with Gasteiger partial charge in [-0.3, -0.25) is 4.79 Å². The lowest BCUT2D eigenvalue weighted by Crippen LogP contribution is -2.20. The molecule has 0 aliphatic carbocycles. The molecule has 0 heterocycles. The fourth-order valence-corrected chi connectivity index (χ4v) is 2.26. The maximum absolute atomic E-state index is 12.0. The largest absolute Gasteiger partial charge is 0.495 e. The van der Waals surface area contributed by atoms with Gasteiger partial charge in [0.05, 0.1) is 19.4 Å². The Hall–Kier alpha value is -2.69. The van der Waals surface area contributed by atoms with Crippen LogP contribution >= 0.6 is 0 Å². The number of benzene rings is 2. The van der Waals surface area contributed by atoms with Crippen molar-refractivity contribution in [3.05, 3.63) is 48.5 Å². The molecule has 0 atom stereocenters. The molecule has 25 heavy (non-hydrogen) atoms. The van der Waals surface area contributed by atoms with E-state index in [-0.39, 0.29) is 12.5 Å². The highest BCUT2D eigenvalue weighted by molar-refractivity contribution is 5.93. The number of carbonyl (C=O) groups excluding carboxylic acids is 1. The molecule has 0 saturated heterocycles. The SMILES string of the molecule is CCCCCOc1ccc(OCC(=O)Nc2ccccc2OC)cc1. The highest BCUT2D eigenvalue weighted by Crippen LogP contribution is 2.23. The van der Waals surface area contributed by atoms with E-state index in [1.165, 1.54) is 12.8 Å². The predicted molar refractivity (Wildman–Crippen MR) is 98.6 cm³/mol. The van der Waals surface area contributed by atoms with Crippen LogP contribution in [-0.2, 0) is 4.79 Å². The minimum absolute atomic E-state index is 0.0747. The molecule has 5 heteroatoms. The molecule has 5 nitrogen and oxygen atoms in total. The Kier molecular flexibility index (Phi) is 7.63. The molecule has 1 amide bonds. The zero-order valence-corrected chi connectivity index (χ0v) is 14.8. The fraction of sp³-hybridized carbons (Fsp3) is 0.350. The number of para-hydroxylation sites is 2. The van der Waals surface area contributed by atoms with Crippen molar-refractivity contribution in [2.45, 2.75) is 26.2 Å². The number of ether oxygens (including phenoxy) is 3. The summed E-state index contributed by atoms with van der Waals surface area (Å²) in [5, 5.41) is 2.77. The van der Waals surface area contributed by atoms with Crippen molar-refractivity contribution in [1.82, 2.24) is 0 Å². The Bertz CT molecular complexity index is 655. The van der Waals surface area contributed by atoms with Crippen molar-refractivity contribution in [3.63, 3.8) is 0 Å². The first-order chi connectivity index (χ1) is 12.2. The number of anilines is 1. The average molecular weight is 343 g/mol. The third-order valence-electron chi connectivity index (χ3n) is 3.59. The first-order valence-electron chi connectivity index (χ1n) is 8.51. The van der Waals surface area contributed by atoms with Gasteiger partial charge in [-0.2, -0.15) is 0 Å². The number of hydrogen-bond acceptors (Lipinski definition) is 4. The fourth-order valence-electron chi connectivity index (χ4n) is 2.26. The van der Waals surface area contributed by atoms with Gasteiger partial charge in [0, 0.05) is 0 Å². The van der Waals surface area contributed by atoms with Crippen molar-refractivity contribution in [1.29, 1.82) is 0 Å². The van der Waals surface area contributed by atoms with E-state index >= 15 is 0 Å². The van der Waals surface area contributed by atoms with E-state index in [2.05, 4.69) is 12.2 Å². The lowest BCUT2D eigenvalue weighted by molar-refractivity contribution is -0.118. The van der Waals surface area contributed by atoms with Crippen LogP contribution < -0.4 is 19.5 Å². The van der Waals surface area contributed by atoms with Crippen LogP contribution in [0.2, 0.25) is 0 Å². The number of carbonyl (C=O) groups is 1. The first-order valence-corrected chi connectivity index (χ1v) is 8.51. The van der Waals surface area contributed by atoms with Gasteiger partial charge >= 0.3 is 0 Å². The Balaban J connectivity index is 1.77. The molecule has 0 aliphatic heterocycles. The summed E-state index contributed by atoms with van der Waals surface area (Å²) in [5.41, 5.74) is 0.620. The van der Waals surface area contributed by atoms with Crippen LogP contribution in [0.4, 0.5) is 5.69 Å². The van der Waals surface area contributed by atoms with Gasteiger partial charge in [0.2, 0.25) is 0 Å². The topological polar surface area (TPSA) is 56.8 Å². The second-order valence-corrected chi connectivity index (χ2v) is 5.56. The van der Waals surface area contributed by atoms with Crippen LogP contribution in [0, 0.1) is 0 Å². The Morgan fingerprint density at radius 2 is 1.64 bits per heavy atom. The lowest BCUT2D eigenvalue weighted by atomic mass is 10.3. The molecule has 2 aromatic rings. The summed E-state index contributed by atoms with van der Waals surface area (Å²) < 4.78 is 16.3. The van der Waals surface area contributed by atoms with Crippen molar-refractivity contribution in [3.8, 4) is 17.2 Å². The maximum Gasteiger partial charge on any atom is 0.262 e. The summed E-state index contributed by atoms with van der Waals surface area (Å²) in [6, 6.07) is 14.5. The number of hydrogen-bond donors (Lipinski definition) is 1. The minimum Gasteiger partial charge on any atom is -0.495 e. The summed E-state index contributed by atoms with van der Waals surface area (Å²) in [4.78, 5) is 12.0. The standard InChI is InChI=1S/C20H25NO4/c1-3-4-7-14-24-16-10-12-17(13-11-16)25-15-20(22)21-18-8-5-6-9-19(18)23-2/h5-6,8-13H,3-4,7,14-15H2,1-2H3,(H,21,22). The smallest absolute Gasteiger partial charge is 0.262 e. The highest BCUT2D eigenvalue weighted by atomic mass is 16.5. The summed E-state index contributed by atoms with van der Waals surface area (Å²) in [5.74, 6) is 1.79. The first kappa shape index (κ1) is 18.6. The summed E-state index contributed by atoms with van der Waals surface area (Å²) >= 11 is 0. The number of amides is 1. The molecule has 2 aromatic carbocycles. The Labute approximate surface area is 148 Å². The quantitative estimate of drug-likeness (QED) is 0.654. The lowest BCUT2D eigenvalue weighted by Gasteiger charge is -2.11. The van der Waals surface area contributed by atoms with Gasteiger partial charge in [0.25, 0.3) is 5.91 Å². The van der Waals surface area contributed by atoms with Crippen LogP contribution in [0.25, 0.3) is 0 Å². The van der Waals surface area contributed by atoms with Crippen LogP contribution in [0.1, 0.15) is 26.2 Å². The molecular weight excluding hydrogens is 318 g/mol. The van der Waals surface area contributed by atoms with E-state index in [1.807, 2.05) is 24.3 Å². The number of unbranched alkanes of at least 4 members (excludes halogenated alkanes) is 2. The Morgan fingerprint density at radius 1 is 0.960 bits per heavy atom. The zero-order valence-electron chi connectivity index (χ0n) is 14.8. The van der Waals surface area contributed by atoms with Crippen LogP contribution in [0.5, 0.6) is 17.2 Å². The van der Waals surface area contributed by atoms with Gasteiger partial charge in [0.1, 0.15) is 17.2 Å². The number of nitrogens with one attached hydrogen (secondary N) is 1. The molecule has 0 spiro atoms. The molecular formula is C20H25NO4. The van der Waals surface area contributed by atoms with Gasteiger partial charge < -0.3 is 19.5 Å². The minimum atomic E-state index is -0.246. The van der Waals surface area contributed by atoms with Gasteiger partial charge in [-0.25, -0.2) is 0 Å². The third-order valence-corrected chi connectivity index (χ3v) is 3.59. The van der Waals surface area contributed by atoms with Crippen molar-refractivity contribution < 1.29 is 19.0 Å². The third kappa shape index (κ3) is 6.37. The predicted octanol–water partition coefficient (Wildman–Crippen LogP) is 4.28. The monoisotopic (exact) mass is 343 g/mol. The highest BCUT2D eigenvalue weighted by Gasteiger charge is 2.07. The summed E-state index contributed by atoms with van der Waals surface area (Å²) in [7, 11) is 1.56. The second-order valence-electron chi connectivity index (χ2n) is 5.56. The molecule has 0 bridgehead atoms. The van der Waals surface area contributed by atoms with Crippen molar-refractivity contribution >= 4 is 11.6 Å². The molecule has 0 radical (unpaired) electrons. The summed E-state index contributed by atoms with van der Waals surface area (Å²) in [6.45, 7) is 2.81. The van der Waals surface area contributed by atoms with E-state index in [4.69, 9.17) is 14.2 Å². The molecule has 0 aromatic heterocycles. The van der Waals surface area contributed by atoms with Gasteiger partial charge in [-0.05, 0) is 42.8 Å². The number of rotatable bonds is 10. The molecule has 0 saturated carbocycles. The number of methoxy groups -OCH3 is 1. The van der Waals surface area contributed by atoms with E-state index in [0.29, 0.717) is 17.2 Å². The molecule has 0 unspecified atom stereocenters. The normalized spacial score (nSPS) is 10.2. The molecule has 0 fully saturated rings. The van der Waals surface area contributed by atoms with E-state index < -0.39 is 0 Å². The van der Waals surface area contributed by atoms with E-state index in [0.717, 1.165) is 18.8 Å². The molecule has 2 rings (SSSR count). The summed E-state index contributed by atoms with van der Waals surface area (Å²) in [6.07, 6.45) is 3.40. The molecule has 0 aliphatic rings. The molecule has 1 N–H and O–H groups in total. The van der Waals surface area contributed by atoms with Crippen LogP contribution in [0.3, 0.4) is 0 Å². The van der Waals surface area contributed by atoms with Gasteiger partial charge in [-0.1, -0.05) is 31.9 Å². The van der Waals surface area contributed by atoms with Crippen molar-refractivity contribution in [2.75, 3.05) is 25.6 Å². The average Bonchev–Trinajstić information content (AvgIpc) is 2.65. The zero-order chi connectivity index (χ0) is 17.9. The second kappa shape index (κ2) is 10.2. The van der Waals surface area contributed by atoms with Gasteiger partial charge in [-0.15, -0.1) is 0 Å². The van der Waals surface area contributed by atoms with Crippen LogP contribution in [0.15, 0.2) is 48.5 Å².